The van der Waals surface area contributed by atoms with Crippen molar-refractivity contribution in [1.82, 2.24) is 25.3 Å². The van der Waals surface area contributed by atoms with Gasteiger partial charge in [-0.15, -0.1) is 0 Å². The van der Waals surface area contributed by atoms with Crippen LogP contribution in [0.4, 0.5) is 19.1 Å². The molecule has 2 fully saturated rings. The number of imidazole rings is 1. The fraction of sp³-hybridized carbons (Fsp3) is 0.458. The number of anilines is 1. The van der Waals surface area contributed by atoms with Gasteiger partial charge in [0.15, 0.2) is 0 Å². The highest BCUT2D eigenvalue weighted by molar-refractivity contribution is 5.77. The Balaban J connectivity index is 1.58. The number of alkyl halides is 3. The topological polar surface area (TPSA) is 69.7 Å². The number of nitrogens with one attached hydrogen (secondary N) is 2. The van der Waals surface area contributed by atoms with Crippen molar-refractivity contribution in [3.05, 3.63) is 47.9 Å². The van der Waals surface area contributed by atoms with E-state index in [0.717, 1.165) is 63.8 Å². The van der Waals surface area contributed by atoms with E-state index in [4.69, 9.17) is 9.97 Å². The highest BCUT2D eigenvalue weighted by atomic mass is 19.4. The molecule has 3 aromatic rings. The maximum atomic E-state index is 13.4. The molecule has 1 aromatic carbocycles. The van der Waals surface area contributed by atoms with Gasteiger partial charge in [0.05, 0.1) is 22.6 Å². The third kappa shape index (κ3) is 4.73. The second-order valence-electron chi connectivity index (χ2n) is 8.74. The minimum absolute atomic E-state index is 0.230. The van der Waals surface area contributed by atoms with Crippen molar-refractivity contribution < 1.29 is 13.2 Å². The average molecular weight is 457 g/mol. The molecule has 6 nitrogen and oxygen atoms in total. The third-order valence-corrected chi connectivity index (χ3v) is 6.45. The Bertz CT molecular complexity index is 1100. The minimum Gasteiger partial charge on any atom is -0.341 e. The summed E-state index contributed by atoms with van der Waals surface area (Å²) in [6, 6.07) is 7.15. The second kappa shape index (κ2) is 9.13. The third-order valence-electron chi connectivity index (χ3n) is 6.45. The van der Waals surface area contributed by atoms with Gasteiger partial charge in [-0.05, 0) is 63.4 Å². The van der Waals surface area contributed by atoms with Crippen LogP contribution in [-0.2, 0) is 6.18 Å². The van der Waals surface area contributed by atoms with Crippen LogP contribution >= 0.6 is 0 Å². The van der Waals surface area contributed by atoms with Gasteiger partial charge in [0, 0.05) is 30.8 Å². The highest BCUT2D eigenvalue weighted by Gasteiger charge is 2.31. The van der Waals surface area contributed by atoms with Crippen molar-refractivity contribution in [1.29, 1.82) is 0 Å². The molecule has 2 saturated heterocycles. The molecule has 0 unspecified atom stereocenters. The Labute approximate surface area is 190 Å². The van der Waals surface area contributed by atoms with E-state index in [1.54, 1.807) is 18.3 Å². The highest BCUT2D eigenvalue weighted by Crippen LogP contribution is 2.37. The zero-order valence-electron chi connectivity index (χ0n) is 18.3. The summed E-state index contributed by atoms with van der Waals surface area (Å²) >= 11 is 0. The van der Waals surface area contributed by atoms with E-state index >= 15 is 0 Å². The van der Waals surface area contributed by atoms with Crippen LogP contribution in [0.3, 0.4) is 0 Å². The van der Waals surface area contributed by atoms with E-state index in [2.05, 4.69) is 20.2 Å². The standard InChI is InChI=1S/C24H27F3N6/c25-24(26,27)18-6-4-5-17(15-18)20-21(32-22(31-20)16-7-10-28-11-8-16)19-9-12-29-23(30-19)33-13-2-1-3-14-33/h4-6,9,12,15-16,28H,1-3,7-8,10-11,13-14H2,(H,31,32). The lowest BCUT2D eigenvalue weighted by Gasteiger charge is -2.26. The van der Waals surface area contributed by atoms with Crippen molar-refractivity contribution in [2.45, 2.75) is 44.2 Å². The zero-order valence-corrected chi connectivity index (χ0v) is 18.3. The largest absolute Gasteiger partial charge is 0.416 e. The van der Waals surface area contributed by atoms with Gasteiger partial charge in [0.25, 0.3) is 0 Å². The quantitative estimate of drug-likeness (QED) is 0.578. The monoisotopic (exact) mass is 456 g/mol. The van der Waals surface area contributed by atoms with E-state index in [9.17, 15) is 13.2 Å². The number of piperidine rings is 2. The maximum absolute atomic E-state index is 13.4. The molecule has 2 aromatic heterocycles. The molecule has 0 radical (unpaired) electrons. The molecule has 2 N–H and O–H groups in total. The van der Waals surface area contributed by atoms with Crippen molar-refractivity contribution >= 4 is 5.95 Å². The number of rotatable bonds is 4. The molecule has 0 amide bonds. The summed E-state index contributed by atoms with van der Waals surface area (Å²) in [7, 11) is 0. The predicted molar refractivity (Wildman–Crippen MR) is 121 cm³/mol. The Morgan fingerprint density at radius 3 is 2.52 bits per heavy atom. The normalized spacial score (nSPS) is 18.0. The Kier molecular flexibility index (Phi) is 6.05. The van der Waals surface area contributed by atoms with Gasteiger partial charge >= 0.3 is 6.18 Å². The number of aromatic amines is 1. The molecule has 0 aliphatic carbocycles. The number of hydrogen-bond acceptors (Lipinski definition) is 5. The maximum Gasteiger partial charge on any atom is 0.416 e. The van der Waals surface area contributed by atoms with Gasteiger partial charge in [0.1, 0.15) is 5.82 Å². The molecule has 5 rings (SSSR count). The summed E-state index contributed by atoms with van der Waals surface area (Å²) in [5.74, 6) is 1.69. The van der Waals surface area contributed by atoms with Crippen LogP contribution in [0.1, 0.15) is 49.4 Å². The summed E-state index contributed by atoms with van der Waals surface area (Å²) in [6.45, 7) is 3.61. The van der Waals surface area contributed by atoms with Crippen LogP contribution in [0.2, 0.25) is 0 Å². The summed E-state index contributed by atoms with van der Waals surface area (Å²) in [5.41, 5.74) is 1.52. The predicted octanol–water partition coefficient (Wildman–Crippen LogP) is 5.01. The molecule has 2 aliphatic rings. The van der Waals surface area contributed by atoms with Crippen LogP contribution in [0.5, 0.6) is 0 Å². The number of aromatic nitrogens is 4. The lowest BCUT2D eigenvalue weighted by Crippen LogP contribution is -2.31. The summed E-state index contributed by atoms with van der Waals surface area (Å²) in [5, 5.41) is 3.34. The van der Waals surface area contributed by atoms with Crippen molar-refractivity contribution in [3.8, 4) is 22.6 Å². The van der Waals surface area contributed by atoms with Crippen molar-refractivity contribution in [3.63, 3.8) is 0 Å². The number of H-pyrrole nitrogens is 1. The van der Waals surface area contributed by atoms with Gasteiger partial charge in [-0.25, -0.2) is 15.0 Å². The van der Waals surface area contributed by atoms with Crippen LogP contribution in [0, 0.1) is 0 Å². The fourth-order valence-electron chi connectivity index (χ4n) is 4.65. The van der Waals surface area contributed by atoms with E-state index in [1.165, 1.54) is 18.6 Å². The first-order valence-corrected chi connectivity index (χ1v) is 11.6. The number of benzene rings is 1. The van der Waals surface area contributed by atoms with Crippen molar-refractivity contribution in [2.75, 3.05) is 31.1 Å². The van der Waals surface area contributed by atoms with E-state index in [-0.39, 0.29) is 5.92 Å². The van der Waals surface area contributed by atoms with Gasteiger partial charge in [0.2, 0.25) is 5.95 Å². The van der Waals surface area contributed by atoms with E-state index < -0.39 is 11.7 Å². The lowest BCUT2D eigenvalue weighted by molar-refractivity contribution is -0.137. The molecule has 0 bridgehead atoms. The van der Waals surface area contributed by atoms with Crippen LogP contribution in [0.25, 0.3) is 22.6 Å². The Hall–Kier alpha value is -2.94. The molecule has 0 spiro atoms. The zero-order chi connectivity index (χ0) is 22.8. The summed E-state index contributed by atoms with van der Waals surface area (Å²) in [4.78, 5) is 19.7. The molecular formula is C24H27F3N6. The lowest BCUT2D eigenvalue weighted by atomic mass is 9.98. The van der Waals surface area contributed by atoms with Crippen LogP contribution in [0.15, 0.2) is 36.5 Å². The van der Waals surface area contributed by atoms with Gasteiger partial charge in [-0.1, -0.05) is 12.1 Å². The van der Waals surface area contributed by atoms with Crippen LogP contribution < -0.4 is 10.2 Å². The van der Waals surface area contributed by atoms with E-state index in [0.29, 0.717) is 28.6 Å². The number of halogens is 3. The Morgan fingerprint density at radius 2 is 1.76 bits per heavy atom. The first-order valence-electron chi connectivity index (χ1n) is 11.6. The van der Waals surface area contributed by atoms with Crippen molar-refractivity contribution in [2.24, 2.45) is 0 Å². The molecule has 9 heteroatoms. The Morgan fingerprint density at radius 1 is 0.970 bits per heavy atom. The molecule has 0 atom stereocenters. The van der Waals surface area contributed by atoms with Gasteiger partial charge in [-0.2, -0.15) is 13.2 Å². The molecule has 33 heavy (non-hydrogen) atoms. The molecular weight excluding hydrogens is 429 g/mol. The molecule has 0 saturated carbocycles. The molecule has 2 aliphatic heterocycles. The first-order chi connectivity index (χ1) is 16.0. The van der Waals surface area contributed by atoms with Gasteiger partial charge < -0.3 is 15.2 Å². The summed E-state index contributed by atoms with van der Waals surface area (Å²) in [6.07, 6.45) is 2.57. The van der Waals surface area contributed by atoms with Gasteiger partial charge in [-0.3, -0.25) is 0 Å². The van der Waals surface area contributed by atoms with Crippen LogP contribution in [-0.4, -0.2) is 46.1 Å². The molecule has 4 heterocycles. The van der Waals surface area contributed by atoms with E-state index in [1.807, 2.05) is 0 Å². The minimum atomic E-state index is -4.42. The second-order valence-corrected chi connectivity index (χ2v) is 8.74. The number of nitrogens with zero attached hydrogens (tertiary/aromatic N) is 4. The average Bonchev–Trinajstić information content (AvgIpc) is 3.31. The first kappa shape index (κ1) is 21.9. The molecule has 174 valence electrons. The summed E-state index contributed by atoms with van der Waals surface area (Å²) < 4.78 is 40.2. The fourth-order valence-corrected chi connectivity index (χ4v) is 4.65. The smallest absolute Gasteiger partial charge is 0.341 e. The number of hydrogen-bond donors (Lipinski definition) is 2. The SMILES string of the molecule is FC(F)(F)c1cccc(-c2nc(C3CCNCC3)[nH]c2-c2ccnc(N3CCCCC3)n2)c1.